The van der Waals surface area contributed by atoms with Crippen molar-refractivity contribution in [3.05, 3.63) is 18.2 Å². The minimum Gasteiger partial charge on any atom is -0.480 e. The number of fused-ring (bicyclic) bond motifs is 1. The first-order chi connectivity index (χ1) is 9.45. The summed E-state index contributed by atoms with van der Waals surface area (Å²) in [4.78, 5) is 10.8. The van der Waals surface area contributed by atoms with Gasteiger partial charge in [-0.2, -0.15) is 13.4 Å². The normalized spacial score (nSPS) is 14.7. The van der Waals surface area contributed by atoms with E-state index < -0.39 is 28.6 Å². The van der Waals surface area contributed by atoms with Crippen LogP contribution in [0.5, 0.6) is 0 Å². The number of carbonyl (C=O) groups is 1. The van der Waals surface area contributed by atoms with Crippen LogP contribution >= 0.6 is 0 Å². The molecule has 0 fully saturated rings. The minimum absolute atomic E-state index is 0.132. The maximum absolute atomic E-state index is 12.2. The number of carboxylic acids is 1. The summed E-state index contributed by atoms with van der Waals surface area (Å²) in [5.74, 6) is -1.36. The number of hydrogen-bond acceptors (Lipinski definition) is 6. The molecule has 1 aliphatic heterocycles. The first-order valence-corrected chi connectivity index (χ1v) is 7.74. The Hall–Kier alpha value is -1.62. The molecule has 20 heavy (non-hydrogen) atoms. The molecule has 0 aliphatic carbocycles. The summed E-state index contributed by atoms with van der Waals surface area (Å²) in [6.07, 6.45) is -0.222. The molecular formula is C10H11N3O5S2. The van der Waals surface area contributed by atoms with Gasteiger partial charge in [-0.1, -0.05) is 6.07 Å². The van der Waals surface area contributed by atoms with E-state index in [1.165, 1.54) is 12.1 Å². The van der Waals surface area contributed by atoms with Crippen molar-refractivity contribution >= 4 is 38.7 Å². The molecule has 10 heteroatoms. The molecule has 2 rings (SSSR count). The summed E-state index contributed by atoms with van der Waals surface area (Å²) < 4.78 is 34.3. The van der Waals surface area contributed by atoms with Crippen LogP contribution in [0.25, 0.3) is 0 Å². The number of aliphatic hydroxyl groups is 1. The van der Waals surface area contributed by atoms with E-state index >= 15 is 0 Å². The molecule has 0 bridgehead atoms. The van der Waals surface area contributed by atoms with Crippen LogP contribution in [0.15, 0.2) is 31.8 Å². The number of hydrogen-bond donors (Lipinski definition) is 3. The molecule has 0 saturated carbocycles. The van der Waals surface area contributed by atoms with Gasteiger partial charge in [-0.05, 0) is 18.6 Å². The van der Waals surface area contributed by atoms with Crippen LogP contribution in [-0.2, 0) is 26.2 Å². The van der Waals surface area contributed by atoms with E-state index in [4.69, 9.17) is 10.2 Å². The molecular weight excluding hydrogens is 306 g/mol. The lowest BCUT2D eigenvalue weighted by molar-refractivity contribution is -0.139. The van der Waals surface area contributed by atoms with E-state index in [1.807, 2.05) is 4.72 Å². The monoisotopic (exact) mass is 317 g/mol. The SMILES string of the molecule is O=C(O)[C@H](CCO)NS(=O)(=O)c1cccc2c1N=S=N2. The molecule has 3 N–H and O–H groups in total. The molecule has 1 aromatic rings. The standard InChI is InChI=1S/C10H11N3O5S2/c14-5-4-7(10(15)16)13-20(17,18)8-3-1-2-6-9(8)12-19-11-6/h1-3,7,13-14H,4-5H2,(H,15,16)/t7-/m0/s1. The quantitative estimate of drug-likeness (QED) is 0.715. The minimum atomic E-state index is -4.06. The van der Waals surface area contributed by atoms with Crippen LogP contribution in [0.1, 0.15) is 6.42 Å². The van der Waals surface area contributed by atoms with Crippen molar-refractivity contribution in [3.8, 4) is 0 Å². The average molecular weight is 317 g/mol. The van der Waals surface area contributed by atoms with E-state index in [0.717, 1.165) is 11.4 Å². The van der Waals surface area contributed by atoms with E-state index in [9.17, 15) is 13.2 Å². The Labute approximate surface area is 118 Å². The Balaban J connectivity index is 2.35. The molecule has 0 amide bonds. The molecule has 0 aromatic heterocycles. The van der Waals surface area contributed by atoms with Gasteiger partial charge < -0.3 is 10.2 Å². The Kier molecular flexibility index (Phi) is 4.28. The predicted octanol–water partition coefficient (Wildman–Crippen LogP) is 0.527. The zero-order valence-electron chi connectivity index (χ0n) is 10.1. The van der Waals surface area contributed by atoms with E-state index in [2.05, 4.69) is 8.73 Å². The van der Waals surface area contributed by atoms with Crippen LogP contribution in [0.2, 0.25) is 0 Å². The average Bonchev–Trinajstić information content (AvgIpc) is 2.85. The Morgan fingerprint density at radius 2 is 2.15 bits per heavy atom. The van der Waals surface area contributed by atoms with Gasteiger partial charge in [0.25, 0.3) is 0 Å². The molecule has 8 nitrogen and oxygen atoms in total. The van der Waals surface area contributed by atoms with Crippen molar-refractivity contribution in [2.75, 3.05) is 6.61 Å². The van der Waals surface area contributed by atoms with Crippen molar-refractivity contribution in [1.82, 2.24) is 4.72 Å². The van der Waals surface area contributed by atoms with Crippen molar-refractivity contribution in [1.29, 1.82) is 0 Å². The summed E-state index contributed by atoms with van der Waals surface area (Å²) in [6, 6.07) is 3.04. The Morgan fingerprint density at radius 3 is 2.80 bits per heavy atom. The van der Waals surface area contributed by atoms with E-state index in [-0.39, 0.29) is 17.0 Å². The van der Waals surface area contributed by atoms with Crippen LogP contribution in [0.4, 0.5) is 11.4 Å². The van der Waals surface area contributed by atoms with Gasteiger partial charge in [0.15, 0.2) is 0 Å². The molecule has 1 aromatic carbocycles. The lowest BCUT2D eigenvalue weighted by Gasteiger charge is -2.14. The Bertz CT molecular complexity index is 710. The summed E-state index contributed by atoms with van der Waals surface area (Å²) in [6.45, 7) is -0.443. The van der Waals surface area contributed by atoms with Gasteiger partial charge in [-0.25, -0.2) is 8.42 Å². The second kappa shape index (κ2) is 5.79. The highest BCUT2D eigenvalue weighted by Crippen LogP contribution is 2.37. The third-order valence-corrected chi connectivity index (χ3v) is 4.60. The first kappa shape index (κ1) is 14.8. The van der Waals surface area contributed by atoms with Crippen molar-refractivity contribution in [2.45, 2.75) is 17.4 Å². The van der Waals surface area contributed by atoms with Crippen molar-refractivity contribution < 1.29 is 23.4 Å². The second-order valence-corrected chi connectivity index (χ2v) is 6.12. The van der Waals surface area contributed by atoms with Crippen molar-refractivity contribution in [2.24, 2.45) is 8.73 Å². The number of aliphatic hydroxyl groups excluding tert-OH is 1. The molecule has 0 unspecified atom stereocenters. The van der Waals surface area contributed by atoms with Crippen LogP contribution in [0.3, 0.4) is 0 Å². The van der Waals surface area contributed by atoms with Gasteiger partial charge >= 0.3 is 5.97 Å². The van der Waals surface area contributed by atoms with Crippen LogP contribution in [-0.4, -0.2) is 37.2 Å². The molecule has 0 spiro atoms. The third kappa shape index (κ3) is 2.93. The molecule has 108 valence electrons. The molecule has 0 radical (unpaired) electrons. The lowest BCUT2D eigenvalue weighted by Crippen LogP contribution is -2.41. The maximum Gasteiger partial charge on any atom is 0.321 e. The fourth-order valence-corrected chi connectivity index (χ4v) is 3.60. The number of nitrogens with one attached hydrogen (secondary N) is 1. The first-order valence-electron chi connectivity index (χ1n) is 5.53. The highest BCUT2D eigenvalue weighted by atomic mass is 32.2. The lowest BCUT2D eigenvalue weighted by atomic mass is 10.2. The number of benzene rings is 1. The number of rotatable bonds is 6. The number of sulfonamides is 1. The molecule has 0 saturated heterocycles. The number of nitrogens with zero attached hydrogens (tertiary/aromatic N) is 2. The van der Waals surface area contributed by atoms with Gasteiger partial charge in [0, 0.05) is 6.61 Å². The van der Waals surface area contributed by atoms with Gasteiger partial charge in [-0.15, -0.1) is 0 Å². The summed E-state index contributed by atoms with van der Waals surface area (Å²) >= 11 is 0.870. The summed E-state index contributed by atoms with van der Waals surface area (Å²) in [5.41, 5.74) is 0.616. The maximum atomic E-state index is 12.2. The third-order valence-electron chi connectivity index (χ3n) is 2.55. The molecule has 1 atom stereocenters. The van der Waals surface area contributed by atoms with Gasteiger partial charge in [0.05, 0.1) is 11.4 Å². The van der Waals surface area contributed by atoms with Crippen molar-refractivity contribution in [3.63, 3.8) is 0 Å². The van der Waals surface area contributed by atoms with Crippen LogP contribution < -0.4 is 4.72 Å². The highest BCUT2D eigenvalue weighted by Gasteiger charge is 2.28. The van der Waals surface area contributed by atoms with Gasteiger partial charge in [0.1, 0.15) is 22.3 Å². The number of aliphatic carboxylic acids is 1. The number of carboxylic acid groups (broad SMARTS) is 1. The zero-order valence-corrected chi connectivity index (χ0v) is 11.7. The molecule has 1 aliphatic rings. The fourth-order valence-electron chi connectivity index (χ4n) is 1.61. The fraction of sp³-hybridized carbons (Fsp3) is 0.300. The van der Waals surface area contributed by atoms with Gasteiger partial charge in [0.2, 0.25) is 10.0 Å². The van der Waals surface area contributed by atoms with Crippen LogP contribution in [0, 0.1) is 0 Å². The predicted molar refractivity (Wildman–Crippen MR) is 71.4 cm³/mol. The molecule has 1 heterocycles. The zero-order chi connectivity index (χ0) is 14.8. The summed E-state index contributed by atoms with van der Waals surface area (Å²) in [7, 11) is -4.06. The Morgan fingerprint density at radius 1 is 1.40 bits per heavy atom. The van der Waals surface area contributed by atoms with Gasteiger partial charge in [-0.3, -0.25) is 4.79 Å². The topological polar surface area (TPSA) is 128 Å². The largest absolute Gasteiger partial charge is 0.480 e. The smallest absolute Gasteiger partial charge is 0.321 e. The van der Waals surface area contributed by atoms with E-state index in [1.54, 1.807) is 6.07 Å². The van der Waals surface area contributed by atoms with E-state index in [0.29, 0.717) is 5.69 Å². The highest BCUT2D eigenvalue weighted by molar-refractivity contribution is 7.89. The summed E-state index contributed by atoms with van der Waals surface area (Å²) in [5, 5.41) is 17.7. The second-order valence-electron chi connectivity index (χ2n) is 3.91.